The third kappa shape index (κ3) is 7.10. The van der Waals surface area contributed by atoms with Gasteiger partial charge in [0.05, 0.1) is 0 Å². The van der Waals surface area contributed by atoms with Crippen LogP contribution in [0.2, 0.25) is 0 Å². The average Bonchev–Trinajstić information content (AvgIpc) is 1.84. The quantitative estimate of drug-likeness (QED) is 0.582. The third-order valence-corrected chi connectivity index (χ3v) is 0.907. The highest BCUT2D eigenvalue weighted by molar-refractivity contribution is 5.93. The Kier molecular flexibility index (Phi) is 4.38. The van der Waals surface area contributed by atoms with Crippen LogP contribution in [0.5, 0.6) is 0 Å². The van der Waals surface area contributed by atoms with E-state index in [-0.39, 0.29) is 18.1 Å². The third-order valence-electron chi connectivity index (χ3n) is 0.907. The molecule has 0 aromatic carbocycles. The van der Waals surface area contributed by atoms with Crippen LogP contribution >= 0.6 is 0 Å². The monoisotopic (exact) mass is 169 g/mol. The van der Waals surface area contributed by atoms with E-state index < -0.39 is 0 Å². The number of methoxy groups -OCH3 is 1. The summed E-state index contributed by atoms with van der Waals surface area (Å²) >= 11 is 0. The highest BCUT2D eigenvalue weighted by Crippen LogP contribution is 1.96. The van der Waals surface area contributed by atoms with E-state index in [1.165, 1.54) is 7.11 Å². The van der Waals surface area contributed by atoms with E-state index in [9.17, 15) is 4.79 Å². The first-order valence-corrected chi connectivity index (χ1v) is 3.75. The average molecular weight is 169 g/mol. The van der Waals surface area contributed by atoms with Crippen molar-refractivity contribution in [3.8, 4) is 11.8 Å². The summed E-state index contributed by atoms with van der Waals surface area (Å²) in [7, 11) is 1.54. The Labute approximate surface area is 73.5 Å². The summed E-state index contributed by atoms with van der Waals surface area (Å²) in [5, 5.41) is 2.71. The fraction of sp³-hybridized carbons (Fsp3) is 0.667. The molecule has 3 heteroatoms. The molecule has 0 saturated carbocycles. The smallest absolute Gasteiger partial charge is 0.296 e. The van der Waals surface area contributed by atoms with E-state index in [2.05, 4.69) is 21.9 Å². The van der Waals surface area contributed by atoms with Gasteiger partial charge in [0.1, 0.15) is 6.61 Å². The van der Waals surface area contributed by atoms with Gasteiger partial charge >= 0.3 is 0 Å². The topological polar surface area (TPSA) is 38.3 Å². The van der Waals surface area contributed by atoms with Crippen molar-refractivity contribution in [3.63, 3.8) is 0 Å². The summed E-state index contributed by atoms with van der Waals surface area (Å²) in [6, 6.07) is 0. The number of nitrogens with one attached hydrogen (secondary N) is 1. The molecular formula is C9H15NO2. The van der Waals surface area contributed by atoms with Gasteiger partial charge in [-0.15, -0.1) is 0 Å². The lowest BCUT2D eigenvalue weighted by Crippen LogP contribution is -2.39. The molecule has 0 bridgehead atoms. The van der Waals surface area contributed by atoms with Crippen molar-refractivity contribution in [1.82, 2.24) is 5.32 Å². The molecule has 0 unspecified atom stereocenters. The van der Waals surface area contributed by atoms with Crippen LogP contribution in [0, 0.1) is 11.8 Å². The zero-order valence-corrected chi connectivity index (χ0v) is 8.02. The molecule has 0 rings (SSSR count). The first-order valence-electron chi connectivity index (χ1n) is 3.75. The molecule has 12 heavy (non-hydrogen) atoms. The van der Waals surface area contributed by atoms with Gasteiger partial charge < -0.3 is 10.1 Å². The van der Waals surface area contributed by atoms with Crippen molar-refractivity contribution in [2.75, 3.05) is 13.7 Å². The van der Waals surface area contributed by atoms with E-state index in [0.717, 1.165) is 0 Å². The number of amides is 1. The number of rotatable bonds is 1. The van der Waals surface area contributed by atoms with Crippen LogP contribution in [0.25, 0.3) is 0 Å². The Morgan fingerprint density at radius 1 is 1.50 bits per heavy atom. The summed E-state index contributed by atoms with van der Waals surface area (Å²) in [4.78, 5) is 11.0. The van der Waals surface area contributed by atoms with Crippen molar-refractivity contribution in [3.05, 3.63) is 0 Å². The molecular weight excluding hydrogens is 154 g/mol. The minimum atomic E-state index is -0.264. The summed E-state index contributed by atoms with van der Waals surface area (Å²) in [6.07, 6.45) is 0. The molecule has 0 saturated heterocycles. The molecule has 0 heterocycles. The minimum absolute atomic E-state index is 0.223. The highest BCUT2D eigenvalue weighted by atomic mass is 16.5. The molecule has 0 aromatic heterocycles. The Balaban J connectivity index is 3.85. The first-order chi connectivity index (χ1) is 5.45. The second-order valence-electron chi connectivity index (χ2n) is 3.44. The second-order valence-corrected chi connectivity index (χ2v) is 3.44. The molecule has 0 radical (unpaired) electrons. The fourth-order valence-electron chi connectivity index (χ4n) is 0.560. The maximum Gasteiger partial charge on any atom is 0.296 e. The van der Waals surface area contributed by atoms with Gasteiger partial charge in [-0.25, -0.2) is 0 Å². The number of carbonyl (C=O) groups is 1. The van der Waals surface area contributed by atoms with Gasteiger partial charge in [-0.05, 0) is 26.7 Å². The lowest BCUT2D eigenvalue weighted by molar-refractivity contribution is -0.117. The lowest BCUT2D eigenvalue weighted by atomic mass is 10.1. The normalized spacial score (nSPS) is 10.0. The Bertz CT molecular complexity index is 205. The summed E-state index contributed by atoms with van der Waals surface area (Å²) in [5.41, 5.74) is -0.223. The molecule has 0 aliphatic rings. The minimum Gasteiger partial charge on any atom is -0.372 e. The van der Waals surface area contributed by atoms with Gasteiger partial charge in [-0.3, -0.25) is 4.79 Å². The molecule has 3 nitrogen and oxygen atoms in total. The van der Waals surface area contributed by atoms with Crippen LogP contribution in [0.3, 0.4) is 0 Å². The number of hydrogen-bond donors (Lipinski definition) is 1. The van der Waals surface area contributed by atoms with E-state index in [1.54, 1.807) is 0 Å². The second kappa shape index (κ2) is 4.78. The Hall–Kier alpha value is -1.01. The van der Waals surface area contributed by atoms with Crippen molar-refractivity contribution in [2.45, 2.75) is 26.3 Å². The molecule has 68 valence electrons. The van der Waals surface area contributed by atoms with Gasteiger partial charge in [0, 0.05) is 12.6 Å². The molecule has 1 amide bonds. The fourth-order valence-corrected chi connectivity index (χ4v) is 0.560. The largest absolute Gasteiger partial charge is 0.372 e. The predicted molar refractivity (Wildman–Crippen MR) is 47.5 cm³/mol. The van der Waals surface area contributed by atoms with Crippen LogP contribution in [-0.2, 0) is 9.53 Å². The molecule has 0 atom stereocenters. The molecule has 0 aliphatic carbocycles. The first kappa shape index (κ1) is 11.0. The molecule has 0 aliphatic heterocycles. The Morgan fingerprint density at radius 3 is 2.50 bits per heavy atom. The van der Waals surface area contributed by atoms with E-state index in [1.807, 2.05) is 20.8 Å². The van der Waals surface area contributed by atoms with E-state index in [0.29, 0.717) is 0 Å². The van der Waals surface area contributed by atoms with Crippen LogP contribution in [-0.4, -0.2) is 25.2 Å². The van der Waals surface area contributed by atoms with Gasteiger partial charge in [-0.2, -0.15) is 0 Å². The van der Waals surface area contributed by atoms with E-state index >= 15 is 0 Å². The maximum atomic E-state index is 11.0. The van der Waals surface area contributed by atoms with Gasteiger partial charge in [0.2, 0.25) is 0 Å². The van der Waals surface area contributed by atoms with Crippen LogP contribution in [0.15, 0.2) is 0 Å². The van der Waals surface area contributed by atoms with Crippen molar-refractivity contribution in [1.29, 1.82) is 0 Å². The lowest BCUT2D eigenvalue weighted by Gasteiger charge is -2.17. The van der Waals surface area contributed by atoms with Gasteiger partial charge in [0.25, 0.3) is 5.91 Å². The van der Waals surface area contributed by atoms with Gasteiger partial charge in [-0.1, -0.05) is 5.92 Å². The van der Waals surface area contributed by atoms with Crippen LogP contribution < -0.4 is 5.32 Å². The van der Waals surface area contributed by atoms with E-state index in [4.69, 9.17) is 0 Å². The van der Waals surface area contributed by atoms with Crippen molar-refractivity contribution in [2.24, 2.45) is 0 Å². The summed E-state index contributed by atoms with van der Waals surface area (Å²) in [6.45, 7) is 6.01. The zero-order chi connectivity index (χ0) is 9.61. The number of ether oxygens (including phenoxy) is 1. The molecule has 0 aromatic rings. The van der Waals surface area contributed by atoms with Crippen LogP contribution in [0.4, 0.5) is 0 Å². The standard InChI is InChI=1S/C9H15NO2/c1-9(2,3)10-8(11)6-5-7-12-4/h7H2,1-4H3,(H,10,11). The molecule has 1 N–H and O–H groups in total. The van der Waals surface area contributed by atoms with Gasteiger partial charge in [0.15, 0.2) is 0 Å². The van der Waals surface area contributed by atoms with Crippen LogP contribution in [0.1, 0.15) is 20.8 Å². The highest BCUT2D eigenvalue weighted by Gasteiger charge is 2.10. The zero-order valence-electron chi connectivity index (χ0n) is 8.02. The van der Waals surface area contributed by atoms with Crippen molar-refractivity contribution < 1.29 is 9.53 Å². The Morgan fingerprint density at radius 2 is 2.08 bits per heavy atom. The summed E-state index contributed by atoms with van der Waals surface area (Å²) < 4.78 is 4.67. The molecule has 0 fully saturated rings. The molecule has 0 spiro atoms. The maximum absolute atomic E-state index is 11.0. The number of hydrogen-bond acceptors (Lipinski definition) is 2. The number of carbonyl (C=O) groups excluding carboxylic acids is 1. The van der Waals surface area contributed by atoms with Crippen molar-refractivity contribution >= 4 is 5.91 Å². The predicted octanol–water partition coefficient (Wildman–Crippen LogP) is 0.551. The summed E-state index contributed by atoms with van der Waals surface area (Å²) in [5.74, 6) is 4.72. The SMILES string of the molecule is COCC#CC(=O)NC(C)(C)C.